The van der Waals surface area contributed by atoms with Crippen LogP contribution in [-0.2, 0) is 4.74 Å². The Labute approximate surface area is 89.1 Å². The summed E-state index contributed by atoms with van der Waals surface area (Å²) in [5.74, 6) is 0. The fraction of sp³-hybridized carbons (Fsp3) is 0.833. The molecule has 0 spiro atoms. The first-order valence-corrected chi connectivity index (χ1v) is 5.64. The van der Waals surface area contributed by atoms with Crippen LogP contribution in [0.5, 0.6) is 0 Å². The average molecular weight is 200 g/mol. The molecule has 0 bridgehead atoms. The summed E-state index contributed by atoms with van der Waals surface area (Å²) in [4.78, 5) is 0. The van der Waals surface area contributed by atoms with Gasteiger partial charge in [0.1, 0.15) is 0 Å². The standard InChI is InChI=1S/C12H26NO/c1-7-13(8-2,9-3)12(6)14-10-11(4)5/h12H,4,7-10H2,1-3,5-6H3/q+1. The van der Waals surface area contributed by atoms with E-state index < -0.39 is 0 Å². The van der Waals surface area contributed by atoms with E-state index in [0.717, 1.165) is 29.7 Å². The van der Waals surface area contributed by atoms with Crippen molar-refractivity contribution in [1.29, 1.82) is 0 Å². The number of nitrogens with zero attached hydrogens (tertiary/aromatic N) is 1. The van der Waals surface area contributed by atoms with Crippen LogP contribution < -0.4 is 0 Å². The van der Waals surface area contributed by atoms with Crippen molar-refractivity contribution in [3.8, 4) is 0 Å². The quantitative estimate of drug-likeness (QED) is 0.349. The van der Waals surface area contributed by atoms with E-state index in [1.165, 1.54) is 0 Å². The molecule has 0 aromatic rings. The van der Waals surface area contributed by atoms with E-state index in [4.69, 9.17) is 4.74 Å². The van der Waals surface area contributed by atoms with Gasteiger partial charge in [-0.25, -0.2) is 0 Å². The molecule has 0 aliphatic carbocycles. The summed E-state index contributed by atoms with van der Waals surface area (Å²) in [5, 5.41) is 0. The Balaban J connectivity index is 4.28. The molecule has 0 aromatic heterocycles. The normalized spacial score (nSPS) is 14.1. The topological polar surface area (TPSA) is 9.23 Å². The van der Waals surface area contributed by atoms with Crippen LogP contribution in [0.25, 0.3) is 0 Å². The zero-order valence-corrected chi connectivity index (χ0v) is 10.5. The molecule has 14 heavy (non-hydrogen) atoms. The van der Waals surface area contributed by atoms with Crippen molar-refractivity contribution >= 4 is 0 Å². The summed E-state index contributed by atoms with van der Waals surface area (Å²) in [5.41, 5.74) is 1.10. The van der Waals surface area contributed by atoms with E-state index in [9.17, 15) is 0 Å². The van der Waals surface area contributed by atoms with Crippen molar-refractivity contribution in [2.75, 3.05) is 26.2 Å². The second kappa shape index (κ2) is 6.20. The number of ether oxygens (including phenoxy) is 1. The molecule has 0 saturated heterocycles. The van der Waals surface area contributed by atoms with Crippen molar-refractivity contribution in [2.24, 2.45) is 0 Å². The Morgan fingerprint density at radius 3 is 1.93 bits per heavy atom. The summed E-state index contributed by atoms with van der Waals surface area (Å²) in [6.07, 6.45) is 0.270. The summed E-state index contributed by atoms with van der Waals surface area (Å²) >= 11 is 0. The van der Waals surface area contributed by atoms with Crippen LogP contribution in [0.1, 0.15) is 34.6 Å². The molecular weight excluding hydrogens is 174 g/mol. The van der Waals surface area contributed by atoms with Gasteiger partial charge in [-0.3, -0.25) is 4.48 Å². The summed E-state index contributed by atoms with van der Waals surface area (Å²) in [6.45, 7) is 18.8. The Hall–Kier alpha value is -0.340. The molecule has 0 N–H and O–H groups in total. The first-order valence-electron chi connectivity index (χ1n) is 5.64. The first-order chi connectivity index (χ1) is 6.52. The van der Waals surface area contributed by atoms with Crippen LogP contribution in [0.4, 0.5) is 0 Å². The maximum atomic E-state index is 5.81. The smallest absolute Gasteiger partial charge is 0.190 e. The lowest BCUT2D eigenvalue weighted by atomic mass is 10.3. The monoisotopic (exact) mass is 200 g/mol. The maximum absolute atomic E-state index is 5.81. The molecule has 2 nitrogen and oxygen atoms in total. The lowest BCUT2D eigenvalue weighted by Gasteiger charge is -2.40. The first kappa shape index (κ1) is 13.7. The Morgan fingerprint density at radius 2 is 1.64 bits per heavy atom. The van der Waals surface area contributed by atoms with Gasteiger partial charge in [-0.1, -0.05) is 12.2 Å². The van der Waals surface area contributed by atoms with E-state index >= 15 is 0 Å². The van der Waals surface area contributed by atoms with Crippen molar-refractivity contribution < 1.29 is 9.22 Å². The largest absolute Gasteiger partial charge is 0.325 e. The molecule has 1 unspecified atom stereocenters. The van der Waals surface area contributed by atoms with Gasteiger partial charge in [0, 0.05) is 6.92 Å². The summed E-state index contributed by atoms with van der Waals surface area (Å²) < 4.78 is 6.85. The van der Waals surface area contributed by atoms with Gasteiger partial charge < -0.3 is 4.74 Å². The fourth-order valence-electron chi connectivity index (χ4n) is 1.86. The summed E-state index contributed by atoms with van der Waals surface area (Å²) in [6, 6.07) is 0. The van der Waals surface area contributed by atoms with Gasteiger partial charge in [-0.15, -0.1) is 0 Å². The third-order valence-electron chi connectivity index (χ3n) is 3.23. The molecular formula is C12H26NO+. The van der Waals surface area contributed by atoms with Gasteiger partial charge in [-0.05, 0) is 27.7 Å². The number of quaternary nitrogens is 1. The molecule has 0 heterocycles. The highest BCUT2D eigenvalue weighted by Gasteiger charge is 2.28. The SMILES string of the molecule is C=C(C)COC(C)[N+](CC)(CC)CC. The van der Waals surface area contributed by atoms with Crippen molar-refractivity contribution in [1.82, 2.24) is 0 Å². The summed E-state index contributed by atoms with van der Waals surface area (Å²) in [7, 11) is 0. The van der Waals surface area contributed by atoms with Gasteiger partial charge in [0.25, 0.3) is 0 Å². The van der Waals surface area contributed by atoms with Gasteiger partial charge in [0.05, 0.1) is 26.2 Å². The molecule has 0 saturated carbocycles. The number of rotatable bonds is 7. The highest BCUT2D eigenvalue weighted by molar-refractivity contribution is 4.87. The molecule has 0 aliphatic heterocycles. The minimum absolute atomic E-state index is 0.270. The molecule has 0 rings (SSSR count). The minimum Gasteiger partial charge on any atom is -0.325 e. The van der Waals surface area contributed by atoms with E-state index in [1.807, 2.05) is 6.92 Å². The predicted molar refractivity (Wildman–Crippen MR) is 62.1 cm³/mol. The van der Waals surface area contributed by atoms with E-state index in [2.05, 4.69) is 34.3 Å². The predicted octanol–water partition coefficient (Wildman–Crippen LogP) is 2.80. The zero-order chi connectivity index (χ0) is 11.2. The second-order valence-electron chi connectivity index (χ2n) is 4.03. The van der Waals surface area contributed by atoms with Crippen molar-refractivity contribution in [3.63, 3.8) is 0 Å². The Bertz CT molecular complexity index is 165. The molecule has 2 heteroatoms. The minimum atomic E-state index is 0.270. The maximum Gasteiger partial charge on any atom is 0.190 e. The molecule has 0 fully saturated rings. The van der Waals surface area contributed by atoms with Gasteiger partial charge >= 0.3 is 0 Å². The van der Waals surface area contributed by atoms with Crippen molar-refractivity contribution in [2.45, 2.75) is 40.8 Å². The lowest BCUT2D eigenvalue weighted by Crippen LogP contribution is -2.55. The van der Waals surface area contributed by atoms with E-state index in [0.29, 0.717) is 6.61 Å². The number of hydrogen-bond donors (Lipinski definition) is 0. The van der Waals surface area contributed by atoms with Crippen LogP contribution >= 0.6 is 0 Å². The molecule has 0 radical (unpaired) electrons. The van der Waals surface area contributed by atoms with Gasteiger partial charge in [0.2, 0.25) is 0 Å². The fourth-order valence-corrected chi connectivity index (χ4v) is 1.86. The third-order valence-corrected chi connectivity index (χ3v) is 3.23. The number of hydrogen-bond acceptors (Lipinski definition) is 1. The van der Waals surface area contributed by atoms with Crippen LogP contribution in [0.2, 0.25) is 0 Å². The molecule has 0 amide bonds. The lowest BCUT2D eigenvalue weighted by molar-refractivity contribution is -0.965. The third kappa shape index (κ3) is 3.43. The van der Waals surface area contributed by atoms with Crippen LogP contribution in [-0.4, -0.2) is 37.0 Å². The highest BCUT2D eigenvalue weighted by Crippen LogP contribution is 2.14. The zero-order valence-electron chi connectivity index (χ0n) is 10.5. The molecule has 1 atom stereocenters. The van der Waals surface area contributed by atoms with Gasteiger partial charge in [0.15, 0.2) is 6.23 Å². The van der Waals surface area contributed by atoms with Crippen LogP contribution in [0.3, 0.4) is 0 Å². The Kier molecular flexibility index (Phi) is 6.05. The molecule has 0 aromatic carbocycles. The van der Waals surface area contributed by atoms with Gasteiger partial charge in [-0.2, -0.15) is 0 Å². The van der Waals surface area contributed by atoms with E-state index in [1.54, 1.807) is 0 Å². The molecule has 0 aliphatic rings. The highest BCUT2D eigenvalue weighted by atomic mass is 16.5. The van der Waals surface area contributed by atoms with E-state index in [-0.39, 0.29) is 6.23 Å². The second-order valence-corrected chi connectivity index (χ2v) is 4.03. The molecule has 84 valence electrons. The Morgan fingerprint density at radius 1 is 1.21 bits per heavy atom. The van der Waals surface area contributed by atoms with Crippen molar-refractivity contribution in [3.05, 3.63) is 12.2 Å². The average Bonchev–Trinajstić information content (AvgIpc) is 2.18. The van der Waals surface area contributed by atoms with Crippen LogP contribution in [0, 0.1) is 0 Å². The van der Waals surface area contributed by atoms with Crippen LogP contribution in [0.15, 0.2) is 12.2 Å².